The van der Waals surface area contributed by atoms with Crippen LogP contribution in [0.1, 0.15) is 33.6 Å². The molecule has 0 aromatic rings. The summed E-state index contributed by atoms with van der Waals surface area (Å²) in [4.78, 5) is 23.3. The van der Waals surface area contributed by atoms with E-state index in [1.54, 1.807) is 0 Å². The van der Waals surface area contributed by atoms with Crippen LogP contribution in [0.4, 0.5) is 0 Å². The number of fused-ring (bicyclic) bond motifs is 2. The first-order valence-electron chi connectivity index (χ1n) is 8.11. The van der Waals surface area contributed by atoms with Gasteiger partial charge in [0.2, 0.25) is 0 Å². The Labute approximate surface area is 135 Å². The van der Waals surface area contributed by atoms with Gasteiger partial charge < -0.3 is 19.7 Å². The van der Waals surface area contributed by atoms with Gasteiger partial charge >= 0.3 is 11.9 Å². The van der Waals surface area contributed by atoms with E-state index in [1.807, 2.05) is 13.8 Å². The van der Waals surface area contributed by atoms with Gasteiger partial charge in [0, 0.05) is 24.3 Å². The van der Waals surface area contributed by atoms with Crippen molar-refractivity contribution in [2.75, 3.05) is 0 Å². The lowest BCUT2D eigenvalue weighted by Gasteiger charge is -2.42. The highest BCUT2D eigenvalue weighted by Gasteiger charge is 2.64. The predicted molar refractivity (Wildman–Crippen MR) is 80.1 cm³/mol. The zero-order valence-electron chi connectivity index (χ0n) is 13.7. The normalized spacial score (nSPS) is 49.2. The number of carbonyl (C=O) groups is 2. The molecule has 3 aliphatic rings. The molecule has 0 amide bonds. The van der Waals surface area contributed by atoms with Crippen molar-refractivity contribution >= 4 is 11.9 Å². The quantitative estimate of drug-likeness (QED) is 0.547. The Kier molecular flexibility index (Phi) is 3.80. The monoisotopic (exact) mass is 324 g/mol. The molecule has 23 heavy (non-hydrogen) atoms. The molecule has 6 heteroatoms. The van der Waals surface area contributed by atoms with E-state index in [-0.39, 0.29) is 17.4 Å². The fourth-order valence-electron chi connectivity index (χ4n) is 5.14. The van der Waals surface area contributed by atoms with Gasteiger partial charge in [-0.05, 0) is 18.3 Å². The first-order chi connectivity index (χ1) is 10.7. The molecule has 0 aromatic heterocycles. The Hall–Kier alpha value is -1.40. The maximum absolute atomic E-state index is 11.9. The minimum Gasteiger partial charge on any atom is -0.462 e. The highest BCUT2D eigenvalue weighted by molar-refractivity contribution is 5.91. The van der Waals surface area contributed by atoms with Gasteiger partial charge in [0.1, 0.15) is 12.2 Å². The van der Waals surface area contributed by atoms with Gasteiger partial charge in [0.25, 0.3) is 0 Å². The van der Waals surface area contributed by atoms with Crippen molar-refractivity contribution in [3.63, 3.8) is 0 Å². The number of carbonyl (C=O) groups excluding carboxylic acids is 2. The second kappa shape index (κ2) is 5.31. The summed E-state index contributed by atoms with van der Waals surface area (Å²) in [5.74, 6) is -1.67. The molecule has 8 atom stereocenters. The lowest BCUT2D eigenvalue weighted by atomic mass is 9.67. The van der Waals surface area contributed by atoms with Gasteiger partial charge in [0.05, 0.1) is 18.1 Å². The molecule has 0 unspecified atom stereocenters. The van der Waals surface area contributed by atoms with Crippen LogP contribution in [0, 0.1) is 23.2 Å². The molecule has 3 fully saturated rings. The second-order valence-electron chi connectivity index (χ2n) is 7.45. The average molecular weight is 324 g/mol. The molecule has 0 spiro atoms. The molecule has 1 saturated heterocycles. The van der Waals surface area contributed by atoms with Gasteiger partial charge in [-0.2, -0.15) is 0 Å². The summed E-state index contributed by atoms with van der Waals surface area (Å²) in [7, 11) is 0. The third-order valence-corrected chi connectivity index (χ3v) is 6.11. The van der Waals surface area contributed by atoms with Crippen LogP contribution in [0.3, 0.4) is 0 Å². The average Bonchev–Trinajstić information content (AvgIpc) is 2.81. The molecule has 2 aliphatic carbocycles. The molecule has 1 aliphatic heterocycles. The van der Waals surface area contributed by atoms with Crippen LogP contribution in [-0.2, 0) is 19.1 Å². The molecule has 0 bridgehead atoms. The van der Waals surface area contributed by atoms with E-state index in [9.17, 15) is 19.8 Å². The standard InChI is InChI=1S/C17H24O6/c1-7-5-11-13(8(2)16(21)23-11)15(20)17(4)12(22-9(3)18)6-10(19)14(7)17/h7,10-15,19-20H,2,5-6H2,1,3-4H3/t7-,10+,11+,12+,13-,14-,15+,17-/m1/s1. The summed E-state index contributed by atoms with van der Waals surface area (Å²) < 4.78 is 10.8. The van der Waals surface area contributed by atoms with Crippen LogP contribution in [0.25, 0.3) is 0 Å². The SMILES string of the molecule is C=C1C(=O)O[C@H]2C[C@@H](C)[C@@H]3[C@@H](O)C[C@H](OC(C)=O)[C@@]3(C)[C@@H](O)[C@H]12. The first-order valence-corrected chi connectivity index (χ1v) is 8.11. The molecule has 1 heterocycles. The van der Waals surface area contributed by atoms with Crippen LogP contribution in [0.2, 0.25) is 0 Å². The number of aliphatic hydroxyl groups excluding tert-OH is 2. The van der Waals surface area contributed by atoms with Crippen LogP contribution < -0.4 is 0 Å². The van der Waals surface area contributed by atoms with Crippen LogP contribution >= 0.6 is 0 Å². The summed E-state index contributed by atoms with van der Waals surface area (Å²) >= 11 is 0. The number of hydrogen-bond acceptors (Lipinski definition) is 6. The summed E-state index contributed by atoms with van der Waals surface area (Å²) in [6.45, 7) is 8.91. The van der Waals surface area contributed by atoms with Crippen molar-refractivity contribution in [3.8, 4) is 0 Å². The molecule has 2 saturated carbocycles. The van der Waals surface area contributed by atoms with E-state index in [0.717, 1.165) is 0 Å². The Morgan fingerprint density at radius 3 is 2.65 bits per heavy atom. The van der Waals surface area contributed by atoms with Crippen molar-refractivity contribution in [3.05, 3.63) is 12.2 Å². The summed E-state index contributed by atoms with van der Waals surface area (Å²) in [6, 6.07) is 0. The van der Waals surface area contributed by atoms with E-state index >= 15 is 0 Å². The largest absolute Gasteiger partial charge is 0.462 e. The minimum atomic E-state index is -0.970. The van der Waals surface area contributed by atoms with Gasteiger partial charge in [-0.25, -0.2) is 4.79 Å². The number of ether oxygens (including phenoxy) is 2. The Balaban J connectivity index is 2.05. The van der Waals surface area contributed by atoms with E-state index in [0.29, 0.717) is 12.8 Å². The van der Waals surface area contributed by atoms with Gasteiger partial charge in [-0.1, -0.05) is 20.4 Å². The van der Waals surface area contributed by atoms with Crippen molar-refractivity contribution in [2.24, 2.45) is 23.2 Å². The molecule has 3 rings (SSSR count). The first kappa shape index (κ1) is 16.5. The van der Waals surface area contributed by atoms with E-state index in [2.05, 4.69) is 6.58 Å². The Morgan fingerprint density at radius 2 is 2.04 bits per heavy atom. The molecule has 2 N–H and O–H groups in total. The number of aliphatic hydroxyl groups is 2. The molecular formula is C17H24O6. The minimum absolute atomic E-state index is 0.0129. The van der Waals surface area contributed by atoms with E-state index < -0.39 is 47.7 Å². The topological polar surface area (TPSA) is 93.1 Å². The van der Waals surface area contributed by atoms with Crippen molar-refractivity contribution in [1.29, 1.82) is 0 Å². The van der Waals surface area contributed by atoms with Gasteiger partial charge in [-0.3, -0.25) is 4.79 Å². The van der Waals surface area contributed by atoms with Gasteiger partial charge in [-0.15, -0.1) is 0 Å². The zero-order valence-corrected chi connectivity index (χ0v) is 13.7. The highest BCUT2D eigenvalue weighted by atomic mass is 16.6. The smallest absolute Gasteiger partial charge is 0.334 e. The van der Waals surface area contributed by atoms with Crippen molar-refractivity contribution in [2.45, 2.75) is 58.0 Å². The summed E-state index contributed by atoms with van der Waals surface area (Å²) in [5, 5.41) is 21.6. The van der Waals surface area contributed by atoms with Crippen molar-refractivity contribution in [1.82, 2.24) is 0 Å². The van der Waals surface area contributed by atoms with E-state index in [4.69, 9.17) is 9.47 Å². The molecule has 0 radical (unpaired) electrons. The lowest BCUT2D eigenvalue weighted by molar-refractivity contribution is -0.161. The molecule has 128 valence electrons. The summed E-state index contributed by atoms with van der Waals surface area (Å²) in [5.41, 5.74) is -0.583. The Morgan fingerprint density at radius 1 is 1.39 bits per heavy atom. The number of rotatable bonds is 1. The summed E-state index contributed by atoms with van der Waals surface area (Å²) in [6.07, 6.45) is -1.83. The predicted octanol–water partition coefficient (Wildman–Crippen LogP) is 0.804. The zero-order chi connectivity index (χ0) is 17.1. The van der Waals surface area contributed by atoms with Crippen LogP contribution in [-0.4, -0.2) is 46.6 Å². The highest BCUT2D eigenvalue weighted by Crippen LogP contribution is 2.57. The maximum atomic E-state index is 11.9. The lowest BCUT2D eigenvalue weighted by Crippen LogP contribution is -2.50. The third-order valence-electron chi connectivity index (χ3n) is 6.11. The van der Waals surface area contributed by atoms with Crippen LogP contribution in [0.5, 0.6) is 0 Å². The third kappa shape index (κ3) is 2.22. The second-order valence-corrected chi connectivity index (χ2v) is 7.45. The molecular weight excluding hydrogens is 300 g/mol. The van der Waals surface area contributed by atoms with E-state index in [1.165, 1.54) is 6.92 Å². The molecule has 6 nitrogen and oxygen atoms in total. The van der Waals surface area contributed by atoms with Crippen LogP contribution in [0.15, 0.2) is 12.2 Å². The maximum Gasteiger partial charge on any atom is 0.334 e. The number of esters is 2. The van der Waals surface area contributed by atoms with Crippen molar-refractivity contribution < 1.29 is 29.3 Å². The molecule has 0 aromatic carbocycles. The number of hydrogen-bond donors (Lipinski definition) is 2. The van der Waals surface area contributed by atoms with Gasteiger partial charge in [0.15, 0.2) is 0 Å². The fourth-order valence-corrected chi connectivity index (χ4v) is 5.14. The fraction of sp³-hybridized carbons (Fsp3) is 0.765. The Bertz CT molecular complexity index is 557.